The summed E-state index contributed by atoms with van der Waals surface area (Å²) in [7, 11) is 0. The molecule has 0 aliphatic carbocycles. The van der Waals surface area contributed by atoms with Gasteiger partial charge in [-0.05, 0) is 55.8 Å². The Morgan fingerprint density at radius 2 is 1.60 bits per heavy atom. The van der Waals surface area contributed by atoms with E-state index < -0.39 is 0 Å². The molecule has 0 saturated carbocycles. The molecule has 82 valence electrons. The lowest BCUT2D eigenvalue weighted by Crippen LogP contribution is -1.89. The van der Waals surface area contributed by atoms with Crippen LogP contribution in [0.25, 0.3) is 6.08 Å². The van der Waals surface area contributed by atoms with Crippen LogP contribution in [0.15, 0.2) is 23.3 Å². The standard InChI is InChI=1S/C12H15N.C2H6/c1-9-5-6-10(2)12(11(9)3)7-8-13-4;1-2/h5-8H,4H2,1-3H3;1-2H3/b8-7-;. The summed E-state index contributed by atoms with van der Waals surface area (Å²) >= 11 is 0. The first-order valence-electron chi connectivity index (χ1n) is 5.36. The summed E-state index contributed by atoms with van der Waals surface area (Å²) in [5, 5.41) is 0. The topological polar surface area (TPSA) is 12.4 Å². The summed E-state index contributed by atoms with van der Waals surface area (Å²) < 4.78 is 0. The molecule has 0 atom stereocenters. The number of hydrogen-bond acceptors (Lipinski definition) is 1. The van der Waals surface area contributed by atoms with Gasteiger partial charge in [0.2, 0.25) is 0 Å². The largest absolute Gasteiger partial charge is 0.272 e. The van der Waals surface area contributed by atoms with E-state index in [1.807, 2.05) is 19.9 Å². The van der Waals surface area contributed by atoms with Crippen molar-refractivity contribution in [2.24, 2.45) is 4.99 Å². The SMILES string of the molecule is C=N/C=C\c1c(C)ccc(C)c1C.CC. The zero-order chi connectivity index (χ0) is 11.8. The van der Waals surface area contributed by atoms with Crippen LogP contribution in [-0.4, -0.2) is 6.72 Å². The monoisotopic (exact) mass is 203 g/mol. The molecule has 1 nitrogen and oxygen atoms in total. The Morgan fingerprint density at radius 1 is 1.07 bits per heavy atom. The van der Waals surface area contributed by atoms with Gasteiger partial charge in [-0.2, -0.15) is 0 Å². The first-order valence-corrected chi connectivity index (χ1v) is 5.36. The van der Waals surface area contributed by atoms with Gasteiger partial charge in [-0.15, -0.1) is 0 Å². The van der Waals surface area contributed by atoms with Gasteiger partial charge in [-0.3, -0.25) is 4.99 Å². The summed E-state index contributed by atoms with van der Waals surface area (Å²) in [6, 6.07) is 4.27. The van der Waals surface area contributed by atoms with Crippen LogP contribution in [0, 0.1) is 20.8 Å². The third-order valence-electron chi connectivity index (χ3n) is 2.35. The van der Waals surface area contributed by atoms with Crippen molar-refractivity contribution in [2.75, 3.05) is 0 Å². The van der Waals surface area contributed by atoms with Gasteiger partial charge in [0.25, 0.3) is 0 Å². The number of hydrogen-bond donors (Lipinski definition) is 0. The molecule has 0 fully saturated rings. The fraction of sp³-hybridized carbons (Fsp3) is 0.357. The Bertz CT molecular complexity index is 349. The first kappa shape index (κ1) is 13.6. The minimum atomic E-state index is 1.26. The highest BCUT2D eigenvalue weighted by Crippen LogP contribution is 2.18. The maximum Gasteiger partial charge on any atom is 0.0266 e. The van der Waals surface area contributed by atoms with Gasteiger partial charge in [0, 0.05) is 6.20 Å². The number of aliphatic imine (C=N–C) groups is 1. The minimum Gasteiger partial charge on any atom is -0.272 e. The third-order valence-corrected chi connectivity index (χ3v) is 2.35. The van der Waals surface area contributed by atoms with Crippen molar-refractivity contribution in [3.63, 3.8) is 0 Å². The molecule has 1 heteroatoms. The number of benzene rings is 1. The van der Waals surface area contributed by atoms with Crippen LogP contribution < -0.4 is 0 Å². The van der Waals surface area contributed by atoms with Crippen molar-refractivity contribution in [1.82, 2.24) is 0 Å². The summed E-state index contributed by atoms with van der Waals surface area (Å²) in [6.07, 6.45) is 3.74. The smallest absolute Gasteiger partial charge is 0.0266 e. The number of rotatable bonds is 2. The number of aryl methyl sites for hydroxylation is 2. The van der Waals surface area contributed by atoms with Gasteiger partial charge in [-0.25, -0.2) is 0 Å². The fourth-order valence-corrected chi connectivity index (χ4v) is 1.36. The zero-order valence-corrected chi connectivity index (χ0v) is 10.5. The van der Waals surface area contributed by atoms with Crippen LogP contribution in [0.5, 0.6) is 0 Å². The molecule has 0 bridgehead atoms. The van der Waals surface area contributed by atoms with Crippen LogP contribution >= 0.6 is 0 Å². The Hall–Kier alpha value is -1.37. The van der Waals surface area contributed by atoms with Gasteiger partial charge in [0.1, 0.15) is 0 Å². The van der Waals surface area contributed by atoms with Crippen molar-refractivity contribution in [1.29, 1.82) is 0 Å². The van der Waals surface area contributed by atoms with E-state index in [1.54, 1.807) is 6.20 Å². The normalized spacial score (nSPS) is 9.67. The molecule has 0 radical (unpaired) electrons. The van der Waals surface area contributed by atoms with Crippen LogP contribution in [0.4, 0.5) is 0 Å². The zero-order valence-electron chi connectivity index (χ0n) is 10.5. The molecule has 0 aromatic heterocycles. The molecule has 0 aliphatic heterocycles. The maximum absolute atomic E-state index is 3.71. The molecule has 1 aromatic carbocycles. The van der Waals surface area contributed by atoms with Crippen molar-refractivity contribution in [3.05, 3.63) is 40.6 Å². The second-order valence-electron chi connectivity index (χ2n) is 3.24. The van der Waals surface area contributed by atoms with Crippen LogP contribution in [0.3, 0.4) is 0 Å². The molecular formula is C14H21N. The van der Waals surface area contributed by atoms with Crippen molar-refractivity contribution in [2.45, 2.75) is 34.6 Å². The van der Waals surface area contributed by atoms with Crippen molar-refractivity contribution < 1.29 is 0 Å². The lowest BCUT2D eigenvalue weighted by atomic mass is 9.98. The van der Waals surface area contributed by atoms with Gasteiger partial charge >= 0.3 is 0 Å². The average molecular weight is 203 g/mol. The molecule has 0 heterocycles. The molecule has 0 spiro atoms. The molecule has 0 aliphatic rings. The molecule has 1 aromatic rings. The fourth-order valence-electron chi connectivity index (χ4n) is 1.36. The third kappa shape index (κ3) is 3.70. The van der Waals surface area contributed by atoms with Gasteiger partial charge in [0.15, 0.2) is 0 Å². The van der Waals surface area contributed by atoms with E-state index in [-0.39, 0.29) is 0 Å². The summed E-state index contributed by atoms with van der Waals surface area (Å²) in [4.78, 5) is 3.71. The number of nitrogens with zero attached hydrogens (tertiary/aromatic N) is 1. The summed E-state index contributed by atoms with van der Waals surface area (Å²) in [6.45, 7) is 13.8. The van der Waals surface area contributed by atoms with E-state index in [1.165, 1.54) is 22.3 Å². The Labute approximate surface area is 93.6 Å². The molecule has 0 N–H and O–H groups in total. The predicted molar refractivity (Wildman–Crippen MR) is 70.6 cm³/mol. The van der Waals surface area contributed by atoms with E-state index in [0.29, 0.717) is 0 Å². The Kier molecular flexibility index (Phi) is 6.35. The van der Waals surface area contributed by atoms with E-state index in [0.717, 1.165) is 0 Å². The van der Waals surface area contributed by atoms with Gasteiger partial charge in [-0.1, -0.05) is 26.0 Å². The van der Waals surface area contributed by atoms with E-state index >= 15 is 0 Å². The Morgan fingerprint density at radius 3 is 2.13 bits per heavy atom. The quantitative estimate of drug-likeness (QED) is 0.635. The van der Waals surface area contributed by atoms with Crippen LogP contribution in [0.1, 0.15) is 36.1 Å². The molecular weight excluding hydrogens is 182 g/mol. The van der Waals surface area contributed by atoms with E-state index in [2.05, 4.69) is 44.6 Å². The van der Waals surface area contributed by atoms with E-state index in [9.17, 15) is 0 Å². The molecule has 15 heavy (non-hydrogen) atoms. The average Bonchev–Trinajstić information content (AvgIpc) is 2.27. The Balaban J connectivity index is 0.000000921. The highest BCUT2D eigenvalue weighted by atomic mass is 14.6. The first-order chi connectivity index (χ1) is 7.16. The lowest BCUT2D eigenvalue weighted by Gasteiger charge is -2.07. The van der Waals surface area contributed by atoms with Crippen LogP contribution in [-0.2, 0) is 0 Å². The molecule has 0 amide bonds. The van der Waals surface area contributed by atoms with Crippen molar-refractivity contribution in [3.8, 4) is 0 Å². The van der Waals surface area contributed by atoms with Gasteiger partial charge < -0.3 is 0 Å². The summed E-state index contributed by atoms with van der Waals surface area (Å²) in [5.74, 6) is 0. The highest BCUT2D eigenvalue weighted by Gasteiger charge is 2.00. The minimum absolute atomic E-state index is 1.26. The van der Waals surface area contributed by atoms with Crippen molar-refractivity contribution >= 4 is 12.8 Å². The second-order valence-corrected chi connectivity index (χ2v) is 3.24. The second kappa shape index (κ2) is 6.99. The predicted octanol–water partition coefficient (Wildman–Crippen LogP) is 4.31. The lowest BCUT2D eigenvalue weighted by molar-refractivity contribution is 1.28. The summed E-state index contributed by atoms with van der Waals surface area (Å²) in [5.41, 5.74) is 5.17. The highest BCUT2D eigenvalue weighted by molar-refractivity contribution is 5.59. The maximum atomic E-state index is 3.71. The molecule has 0 unspecified atom stereocenters. The van der Waals surface area contributed by atoms with Gasteiger partial charge in [0.05, 0.1) is 0 Å². The molecule has 1 rings (SSSR count). The van der Waals surface area contributed by atoms with E-state index in [4.69, 9.17) is 0 Å². The van der Waals surface area contributed by atoms with Crippen LogP contribution in [0.2, 0.25) is 0 Å². The molecule has 0 saturated heterocycles.